The lowest BCUT2D eigenvalue weighted by atomic mass is 9.97. The fourth-order valence-corrected chi connectivity index (χ4v) is 2.83. The molecule has 0 aliphatic rings. The molecule has 2 nitrogen and oxygen atoms in total. The first-order valence-corrected chi connectivity index (χ1v) is 7.20. The third-order valence-electron chi connectivity index (χ3n) is 3.36. The number of hydrogen-bond acceptors (Lipinski definition) is 2. The number of carbonyl (C=O) groups excluding carboxylic acids is 1. The van der Waals surface area contributed by atoms with E-state index in [1.807, 2.05) is 51.1 Å². The van der Waals surface area contributed by atoms with Gasteiger partial charge in [-0.25, -0.2) is 0 Å². The highest BCUT2D eigenvalue weighted by atomic mass is 79.9. The van der Waals surface area contributed by atoms with Crippen molar-refractivity contribution in [2.75, 3.05) is 7.11 Å². The molecule has 0 aliphatic carbocycles. The van der Waals surface area contributed by atoms with Crippen LogP contribution in [0.3, 0.4) is 0 Å². The van der Waals surface area contributed by atoms with E-state index >= 15 is 0 Å². The standard InChI is InChI=1S/C17H17BrO2/c1-10-6-5-7-14(15(10)18)16(19)13-8-11(2)17(20-4)12(3)9-13/h5-9H,1-4H3. The second-order valence-electron chi connectivity index (χ2n) is 4.91. The van der Waals surface area contributed by atoms with Gasteiger partial charge in [0.15, 0.2) is 5.78 Å². The molecular weight excluding hydrogens is 316 g/mol. The van der Waals surface area contributed by atoms with E-state index in [1.165, 1.54) is 0 Å². The van der Waals surface area contributed by atoms with Crippen molar-refractivity contribution in [3.8, 4) is 5.75 Å². The quantitative estimate of drug-likeness (QED) is 0.767. The molecule has 0 aromatic heterocycles. The van der Waals surface area contributed by atoms with Crippen molar-refractivity contribution in [1.82, 2.24) is 0 Å². The van der Waals surface area contributed by atoms with Gasteiger partial charge >= 0.3 is 0 Å². The molecule has 0 fully saturated rings. The van der Waals surface area contributed by atoms with Gasteiger partial charge in [-0.05, 0) is 71.6 Å². The maximum Gasteiger partial charge on any atom is 0.194 e. The molecule has 0 bridgehead atoms. The maximum absolute atomic E-state index is 12.7. The van der Waals surface area contributed by atoms with Crippen LogP contribution in [0.4, 0.5) is 0 Å². The number of halogens is 1. The first kappa shape index (κ1) is 14.8. The third-order valence-corrected chi connectivity index (χ3v) is 4.42. The number of ether oxygens (including phenoxy) is 1. The van der Waals surface area contributed by atoms with Crippen LogP contribution in [-0.4, -0.2) is 12.9 Å². The van der Waals surface area contributed by atoms with E-state index < -0.39 is 0 Å². The SMILES string of the molecule is COc1c(C)cc(C(=O)c2cccc(C)c2Br)cc1C. The molecule has 0 atom stereocenters. The zero-order chi connectivity index (χ0) is 14.9. The Bertz CT molecular complexity index is 652. The Kier molecular flexibility index (Phi) is 4.29. The predicted molar refractivity (Wildman–Crippen MR) is 84.8 cm³/mol. The van der Waals surface area contributed by atoms with Crippen molar-refractivity contribution >= 4 is 21.7 Å². The average Bonchev–Trinajstić information content (AvgIpc) is 2.41. The number of ketones is 1. The second kappa shape index (κ2) is 5.80. The Morgan fingerprint density at radius 3 is 2.20 bits per heavy atom. The molecule has 0 N–H and O–H groups in total. The largest absolute Gasteiger partial charge is 0.496 e. The molecule has 0 saturated carbocycles. The van der Waals surface area contributed by atoms with E-state index in [2.05, 4.69) is 15.9 Å². The van der Waals surface area contributed by atoms with Gasteiger partial charge in [-0.3, -0.25) is 4.79 Å². The minimum atomic E-state index is 0.0226. The van der Waals surface area contributed by atoms with Gasteiger partial charge in [-0.2, -0.15) is 0 Å². The van der Waals surface area contributed by atoms with Crippen LogP contribution in [0.1, 0.15) is 32.6 Å². The Balaban J connectivity index is 2.52. The number of aryl methyl sites for hydroxylation is 3. The molecule has 2 aromatic rings. The summed E-state index contributed by atoms with van der Waals surface area (Å²) in [5, 5.41) is 0. The fraction of sp³-hybridized carbons (Fsp3) is 0.235. The van der Waals surface area contributed by atoms with Crippen LogP contribution in [0.15, 0.2) is 34.8 Å². The molecule has 0 radical (unpaired) electrons. The third kappa shape index (κ3) is 2.63. The zero-order valence-corrected chi connectivity index (χ0v) is 13.7. The number of hydrogen-bond donors (Lipinski definition) is 0. The van der Waals surface area contributed by atoms with Gasteiger partial charge in [0, 0.05) is 15.6 Å². The van der Waals surface area contributed by atoms with Gasteiger partial charge in [-0.1, -0.05) is 12.1 Å². The zero-order valence-electron chi connectivity index (χ0n) is 12.1. The highest BCUT2D eigenvalue weighted by Crippen LogP contribution is 2.28. The van der Waals surface area contributed by atoms with E-state index in [0.717, 1.165) is 26.9 Å². The van der Waals surface area contributed by atoms with Gasteiger partial charge in [-0.15, -0.1) is 0 Å². The predicted octanol–water partition coefficient (Wildman–Crippen LogP) is 4.61. The molecule has 2 aromatic carbocycles. The van der Waals surface area contributed by atoms with E-state index in [4.69, 9.17) is 4.74 Å². The first-order valence-electron chi connectivity index (χ1n) is 6.40. The number of methoxy groups -OCH3 is 1. The lowest BCUT2D eigenvalue weighted by Crippen LogP contribution is -2.05. The van der Waals surface area contributed by atoms with Gasteiger partial charge in [0.2, 0.25) is 0 Å². The average molecular weight is 333 g/mol. The maximum atomic E-state index is 12.7. The Morgan fingerprint density at radius 2 is 1.65 bits per heavy atom. The van der Waals surface area contributed by atoms with Gasteiger partial charge < -0.3 is 4.74 Å². The lowest BCUT2D eigenvalue weighted by Gasteiger charge is -2.12. The molecule has 3 heteroatoms. The topological polar surface area (TPSA) is 26.3 Å². The summed E-state index contributed by atoms with van der Waals surface area (Å²) >= 11 is 3.50. The van der Waals surface area contributed by atoms with Crippen LogP contribution in [0.25, 0.3) is 0 Å². The summed E-state index contributed by atoms with van der Waals surface area (Å²) in [4.78, 5) is 12.7. The molecule has 0 heterocycles. The van der Waals surface area contributed by atoms with Crippen LogP contribution in [0.2, 0.25) is 0 Å². The van der Waals surface area contributed by atoms with Crippen molar-refractivity contribution in [1.29, 1.82) is 0 Å². The number of carbonyl (C=O) groups is 1. The number of benzene rings is 2. The highest BCUT2D eigenvalue weighted by molar-refractivity contribution is 9.10. The Hall–Kier alpha value is -1.61. The van der Waals surface area contributed by atoms with E-state index in [1.54, 1.807) is 7.11 Å². The number of rotatable bonds is 3. The van der Waals surface area contributed by atoms with Crippen LogP contribution >= 0.6 is 15.9 Å². The van der Waals surface area contributed by atoms with E-state index in [-0.39, 0.29) is 5.78 Å². The molecular formula is C17H17BrO2. The summed E-state index contributed by atoms with van der Waals surface area (Å²) in [6.45, 7) is 5.88. The lowest BCUT2D eigenvalue weighted by molar-refractivity contribution is 0.103. The fourth-order valence-electron chi connectivity index (χ4n) is 2.38. The Labute approximate surface area is 127 Å². The monoisotopic (exact) mass is 332 g/mol. The van der Waals surface area contributed by atoms with Crippen LogP contribution in [0, 0.1) is 20.8 Å². The summed E-state index contributed by atoms with van der Waals surface area (Å²) < 4.78 is 6.20. The van der Waals surface area contributed by atoms with Crippen molar-refractivity contribution in [2.45, 2.75) is 20.8 Å². The van der Waals surface area contributed by atoms with Crippen molar-refractivity contribution < 1.29 is 9.53 Å². The van der Waals surface area contributed by atoms with Crippen molar-refractivity contribution in [3.05, 3.63) is 62.6 Å². The molecule has 0 aliphatic heterocycles. The highest BCUT2D eigenvalue weighted by Gasteiger charge is 2.16. The van der Waals surface area contributed by atoms with Crippen LogP contribution in [-0.2, 0) is 0 Å². The van der Waals surface area contributed by atoms with E-state index in [9.17, 15) is 4.79 Å². The van der Waals surface area contributed by atoms with Crippen LogP contribution < -0.4 is 4.74 Å². The normalized spacial score (nSPS) is 10.4. The molecule has 20 heavy (non-hydrogen) atoms. The molecule has 2 rings (SSSR count). The molecule has 104 valence electrons. The summed E-state index contributed by atoms with van der Waals surface area (Å²) in [6, 6.07) is 9.47. The minimum absolute atomic E-state index is 0.0226. The summed E-state index contributed by atoms with van der Waals surface area (Å²) in [7, 11) is 1.65. The summed E-state index contributed by atoms with van der Waals surface area (Å²) in [6.07, 6.45) is 0. The minimum Gasteiger partial charge on any atom is -0.496 e. The second-order valence-corrected chi connectivity index (χ2v) is 5.70. The molecule has 0 saturated heterocycles. The van der Waals surface area contributed by atoms with Gasteiger partial charge in [0.05, 0.1) is 7.11 Å². The first-order chi connectivity index (χ1) is 9.45. The smallest absolute Gasteiger partial charge is 0.194 e. The van der Waals surface area contributed by atoms with E-state index in [0.29, 0.717) is 11.1 Å². The van der Waals surface area contributed by atoms with Gasteiger partial charge in [0.1, 0.15) is 5.75 Å². The van der Waals surface area contributed by atoms with Crippen LogP contribution in [0.5, 0.6) is 5.75 Å². The Morgan fingerprint density at radius 1 is 1.05 bits per heavy atom. The summed E-state index contributed by atoms with van der Waals surface area (Å²) in [5.74, 6) is 0.860. The summed E-state index contributed by atoms with van der Waals surface area (Å²) in [5.41, 5.74) is 4.37. The molecule has 0 amide bonds. The van der Waals surface area contributed by atoms with Crippen molar-refractivity contribution in [3.63, 3.8) is 0 Å². The van der Waals surface area contributed by atoms with Crippen molar-refractivity contribution in [2.24, 2.45) is 0 Å². The molecule has 0 unspecified atom stereocenters. The van der Waals surface area contributed by atoms with Gasteiger partial charge in [0.25, 0.3) is 0 Å². The molecule has 0 spiro atoms.